The summed E-state index contributed by atoms with van der Waals surface area (Å²) in [6.07, 6.45) is 4.51. The van der Waals surface area contributed by atoms with Gasteiger partial charge in [0, 0.05) is 31.4 Å². The Labute approximate surface area is 119 Å². The van der Waals surface area contributed by atoms with Gasteiger partial charge in [0.15, 0.2) is 0 Å². The standard InChI is InChI=1S/C16H19N3O/c17-15(14-4-2-1-3-5-14)6-7-16(20)19-12-13-8-10-18-11-9-13/h1-5,8-11,15H,6-7,12,17H2,(H,19,20). The quantitative estimate of drug-likeness (QED) is 0.844. The van der Waals surface area contributed by atoms with Crippen LogP contribution in [0, 0.1) is 0 Å². The van der Waals surface area contributed by atoms with Crippen LogP contribution < -0.4 is 11.1 Å². The molecule has 0 spiro atoms. The number of aromatic nitrogens is 1. The lowest BCUT2D eigenvalue weighted by Crippen LogP contribution is -2.24. The Kier molecular flexibility index (Phi) is 5.26. The van der Waals surface area contributed by atoms with Crippen LogP contribution in [0.25, 0.3) is 0 Å². The molecular formula is C16H19N3O. The SMILES string of the molecule is NC(CCC(=O)NCc1ccncc1)c1ccccc1. The smallest absolute Gasteiger partial charge is 0.220 e. The molecule has 1 heterocycles. The third-order valence-corrected chi connectivity index (χ3v) is 3.15. The summed E-state index contributed by atoms with van der Waals surface area (Å²) in [7, 11) is 0. The van der Waals surface area contributed by atoms with Crippen molar-refractivity contribution in [2.24, 2.45) is 5.73 Å². The Balaban J connectivity index is 1.73. The van der Waals surface area contributed by atoms with Crippen LogP contribution in [0.15, 0.2) is 54.9 Å². The van der Waals surface area contributed by atoms with Gasteiger partial charge in [-0.1, -0.05) is 30.3 Å². The van der Waals surface area contributed by atoms with E-state index in [1.54, 1.807) is 12.4 Å². The van der Waals surface area contributed by atoms with Gasteiger partial charge >= 0.3 is 0 Å². The van der Waals surface area contributed by atoms with E-state index in [1.165, 1.54) is 0 Å². The number of nitrogens with zero attached hydrogens (tertiary/aromatic N) is 1. The molecule has 3 N–H and O–H groups in total. The maximum atomic E-state index is 11.8. The van der Waals surface area contributed by atoms with Crippen LogP contribution in [0.3, 0.4) is 0 Å². The molecule has 0 saturated heterocycles. The van der Waals surface area contributed by atoms with Crippen molar-refractivity contribution in [2.45, 2.75) is 25.4 Å². The lowest BCUT2D eigenvalue weighted by Gasteiger charge is -2.11. The summed E-state index contributed by atoms with van der Waals surface area (Å²) in [5.74, 6) is 0.0215. The molecule has 20 heavy (non-hydrogen) atoms. The summed E-state index contributed by atoms with van der Waals surface area (Å²) in [5, 5.41) is 2.88. The average Bonchev–Trinajstić information content (AvgIpc) is 2.52. The first-order chi connectivity index (χ1) is 9.75. The number of hydrogen-bond acceptors (Lipinski definition) is 3. The van der Waals surface area contributed by atoms with Gasteiger partial charge in [-0.05, 0) is 29.7 Å². The zero-order chi connectivity index (χ0) is 14.2. The van der Waals surface area contributed by atoms with E-state index in [9.17, 15) is 4.79 Å². The summed E-state index contributed by atoms with van der Waals surface area (Å²) < 4.78 is 0. The molecule has 1 unspecified atom stereocenters. The second kappa shape index (κ2) is 7.40. The van der Waals surface area contributed by atoms with Crippen molar-refractivity contribution in [3.8, 4) is 0 Å². The molecule has 4 heteroatoms. The molecule has 0 radical (unpaired) electrons. The third-order valence-electron chi connectivity index (χ3n) is 3.15. The molecule has 1 atom stereocenters. The first-order valence-electron chi connectivity index (χ1n) is 6.72. The maximum absolute atomic E-state index is 11.8. The monoisotopic (exact) mass is 269 g/mol. The molecule has 0 fully saturated rings. The van der Waals surface area contributed by atoms with E-state index in [2.05, 4.69) is 10.3 Å². The number of rotatable bonds is 6. The van der Waals surface area contributed by atoms with E-state index in [1.807, 2.05) is 42.5 Å². The van der Waals surface area contributed by atoms with E-state index in [-0.39, 0.29) is 11.9 Å². The fraction of sp³-hybridized carbons (Fsp3) is 0.250. The first kappa shape index (κ1) is 14.2. The number of benzene rings is 1. The number of nitrogens with two attached hydrogens (primary N) is 1. The van der Waals surface area contributed by atoms with Gasteiger partial charge in [-0.3, -0.25) is 9.78 Å². The zero-order valence-electron chi connectivity index (χ0n) is 11.3. The van der Waals surface area contributed by atoms with E-state index >= 15 is 0 Å². The summed E-state index contributed by atoms with van der Waals surface area (Å²) in [4.78, 5) is 15.7. The van der Waals surface area contributed by atoms with Crippen LogP contribution in [0.4, 0.5) is 0 Å². The number of hydrogen-bond donors (Lipinski definition) is 2. The number of carbonyl (C=O) groups excluding carboxylic acids is 1. The van der Waals surface area contributed by atoms with Crippen molar-refractivity contribution < 1.29 is 4.79 Å². The van der Waals surface area contributed by atoms with Crippen molar-refractivity contribution in [3.05, 3.63) is 66.0 Å². The fourth-order valence-electron chi connectivity index (χ4n) is 1.94. The molecule has 104 valence electrons. The summed E-state index contributed by atoms with van der Waals surface area (Å²) in [5.41, 5.74) is 8.17. The highest BCUT2D eigenvalue weighted by molar-refractivity contribution is 5.75. The largest absolute Gasteiger partial charge is 0.352 e. The van der Waals surface area contributed by atoms with Crippen LogP contribution in [0.2, 0.25) is 0 Å². The molecule has 0 aliphatic heterocycles. The van der Waals surface area contributed by atoms with E-state index < -0.39 is 0 Å². The van der Waals surface area contributed by atoms with Crippen molar-refractivity contribution in [1.82, 2.24) is 10.3 Å². The molecule has 0 aliphatic carbocycles. The predicted octanol–water partition coefficient (Wildman–Crippen LogP) is 2.18. The lowest BCUT2D eigenvalue weighted by atomic mass is 10.0. The summed E-state index contributed by atoms with van der Waals surface area (Å²) in [6, 6.07) is 13.5. The molecular weight excluding hydrogens is 250 g/mol. The Morgan fingerprint density at radius 1 is 1.15 bits per heavy atom. The fourth-order valence-corrected chi connectivity index (χ4v) is 1.94. The highest BCUT2D eigenvalue weighted by Crippen LogP contribution is 2.14. The Bertz CT molecular complexity index is 528. The minimum absolute atomic E-state index is 0.0215. The Hall–Kier alpha value is -2.20. The normalized spacial score (nSPS) is 11.8. The van der Waals surface area contributed by atoms with Gasteiger partial charge in [0.05, 0.1) is 0 Å². The molecule has 1 aromatic heterocycles. The highest BCUT2D eigenvalue weighted by Gasteiger charge is 2.08. The average molecular weight is 269 g/mol. The second-order valence-electron chi connectivity index (χ2n) is 4.69. The second-order valence-corrected chi connectivity index (χ2v) is 4.69. The van der Waals surface area contributed by atoms with Gasteiger partial charge in [-0.15, -0.1) is 0 Å². The Morgan fingerprint density at radius 2 is 1.85 bits per heavy atom. The molecule has 0 aliphatic rings. The molecule has 1 amide bonds. The van der Waals surface area contributed by atoms with Crippen LogP contribution in [-0.2, 0) is 11.3 Å². The van der Waals surface area contributed by atoms with Crippen molar-refractivity contribution in [3.63, 3.8) is 0 Å². The van der Waals surface area contributed by atoms with Gasteiger partial charge in [0.1, 0.15) is 0 Å². The van der Waals surface area contributed by atoms with E-state index in [0.717, 1.165) is 11.1 Å². The number of nitrogens with one attached hydrogen (secondary N) is 1. The van der Waals surface area contributed by atoms with Gasteiger partial charge in [-0.25, -0.2) is 0 Å². The van der Waals surface area contributed by atoms with Crippen LogP contribution in [0.1, 0.15) is 30.0 Å². The molecule has 1 aromatic carbocycles. The summed E-state index contributed by atoms with van der Waals surface area (Å²) in [6.45, 7) is 0.530. The number of amides is 1. The van der Waals surface area contributed by atoms with Crippen molar-refractivity contribution in [1.29, 1.82) is 0 Å². The van der Waals surface area contributed by atoms with Crippen molar-refractivity contribution in [2.75, 3.05) is 0 Å². The minimum Gasteiger partial charge on any atom is -0.352 e. The van der Waals surface area contributed by atoms with Crippen LogP contribution >= 0.6 is 0 Å². The predicted molar refractivity (Wildman–Crippen MR) is 78.7 cm³/mol. The number of carbonyl (C=O) groups is 1. The van der Waals surface area contributed by atoms with Crippen LogP contribution in [-0.4, -0.2) is 10.9 Å². The maximum Gasteiger partial charge on any atom is 0.220 e. The zero-order valence-corrected chi connectivity index (χ0v) is 11.3. The third kappa shape index (κ3) is 4.48. The molecule has 4 nitrogen and oxygen atoms in total. The van der Waals surface area contributed by atoms with Gasteiger partial charge in [0.2, 0.25) is 5.91 Å². The first-order valence-corrected chi connectivity index (χ1v) is 6.72. The molecule has 2 aromatic rings. The topological polar surface area (TPSA) is 68.0 Å². The van der Waals surface area contributed by atoms with E-state index in [0.29, 0.717) is 19.4 Å². The molecule has 0 saturated carbocycles. The van der Waals surface area contributed by atoms with Gasteiger partial charge in [0.25, 0.3) is 0 Å². The summed E-state index contributed by atoms with van der Waals surface area (Å²) >= 11 is 0. The lowest BCUT2D eigenvalue weighted by molar-refractivity contribution is -0.121. The molecule has 0 bridgehead atoms. The number of pyridine rings is 1. The van der Waals surface area contributed by atoms with E-state index in [4.69, 9.17) is 5.73 Å². The Morgan fingerprint density at radius 3 is 2.55 bits per heavy atom. The molecule has 2 rings (SSSR count). The van der Waals surface area contributed by atoms with Gasteiger partial charge in [-0.2, -0.15) is 0 Å². The highest BCUT2D eigenvalue weighted by atomic mass is 16.1. The minimum atomic E-state index is -0.0946. The van der Waals surface area contributed by atoms with Crippen LogP contribution in [0.5, 0.6) is 0 Å². The van der Waals surface area contributed by atoms with Crippen molar-refractivity contribution >= 4 is 5.91 Å². The van der Waals surface area contributed by atoms with Gasteiger partial charge < -0.3 is 11.1 Å².